The van der Waals surface area contributed by atoms with E-state index in [2.05, 4.69) is 15.5 Å². The summed E-state index contributed by atoms with van der Waals surface area (Å²) in [6.45, 7) is 0. The van der Waals surface area contributed by atoms with Crippen LogP contribution in [0.1, 0.15) is 16.4 Å². The lowest BCUT2D eigenvalue weighted by Gasteiger charge is -2.17. The van der Waals surface area contributed by atoms with E-state index in [1.54, 1.807) is 24.3 Å². The minimum absolute atomic E-state index is 0.00974. The van der Waals surface area contributed by atoms with Crippen LogP contribution < -0.4 is 5.32 Å². The molecule has 0 aliphatic carbocycles. The van der Waals surface area contributed by atoms with Crippen molar-refractivity contribution in [2.75, 3.05) is 5.32 Å². The second-order valence-electron chi connectivity index (χ2n) is 5.29. The Kier molecular flexibility index (Phi) is 6.03. The van der Waals surface area contributed by atoms with Crippen LogP contribution in [0.2, 0.25) is 5.02 Å². The summed E-state index contributed by atoms with van der Waals surface area (Å²) in [5.41, 5.74) is 1.24. The molecule has 1 atom stereocenters. The van der Waals surface area contributed by atoms with E-state index >= 15 is 0 Å². The molecule has 0 spiro atoms. The molecule has 1 aromatic heterocycles. The van der Waals surface area contributed by atoms with Crippen LogP contribution in [0.4, 0.5) is 18.9 Å². The van der Waals surface area contributed by atoms with Crippen molar-refractivity contribution < 1.29 is 18.0 Å². The highest BCUT2D eigenvalue weighted by molar-refractivity contribution is 8.01. The van der Waals surface area contributed by atoms with E-state index in [0.29, 0.717) is 9.90 Å². The fourth-order valence-electron chi connectivity index (χ4n) is 2.24. The summed E-state index contributed by atoms with van der Waals surface area (Å²) in [6, 6.07) is 12.1. The minimum Gasteiger partial charge on any atom is -0.325 e. The summed E-state index contributed by atoms with van der Waals surface area (Å²) in [4.78, 5) is 12.8. The van der Waals surface area contributed by atoms with Crippen LogP contribution in [-0.2, 0) is 11.0 Å². The number of nitrogens with one attached hydrogen (secondary N) is 1. The Bertz CT molecular complexity index is 921. The summed E-state index contributed by atoms with van der Waals surface area (Å²) in [6.07, 6.45) is -4.61. The van der Waals surface area contributed by atoms with Crippen molar-refractivity contribution in [1.82, 2.24) is 10.2 Å². The highest BCUT2D eigenvalue weighted by Crippen LogP contribution is 2.38. The van der Waals surface area contributed by atoms with Crippen molar-refractivity contribution in [3.8, 4) is 0 Å². The van der Waals surface area contributed by atoms with E-state index in [1.165, 1.54) is 34.7 Å². The van der Waals surface area contributed by atoms with Gasteiger partial charge in [-0.1, -0.05) is 65.0 Å². The molecule has 0 saturated heterocycles. The molecule has 140 valence electrons. The summed E-state index contributed by atoms with van der Waals surface area (Å²) in [5.74, 6) is -0.475. The van der Waals surface area contributed by atoms with Crippen LogP contribution >= 0.6 is 34.7 Å². The molecule has 0 saturated carbocycles. The third-order valence-electron chi connectivity index (χ3n) is 3.44. The van der Waals surface area contributed by atoms with Gasteiger partial charge in [0.15, 0.2) is 4.34 Å². The quantitative estimate of drug-likeness (QED) is 0.530. The number of carbonyl (C=O) groups excluding carboxylic acids is 1. The van der Waals surface area contributed by atoms with Crippen LogP contribution in [-0.4, -0.2) is 16.1 Å². The number of anilines is 1. The average molecular weight is 430 g/mol. The van der Waals surface area contributed by atoms with Crippen LogP contribution in [0, 0.1) is 0 Å². The van der Waals surface area contributed by atoms with Crippen molar-refractivity contribution in [2.24, 2.45) is 0 Å². The lowest BCUT2D eigenvalue weighted by atomic mass is 10.1. The number of carbonyl (C=O) groups is 1. The molecule has 1 heterocycles. The lowest BCUT2D eigenvalue weighted by Crippen LogP contribution is -2.19. The molecular weight excluding hydrogens is 419 g/mol. The zero-order chi connectivity index (χ0) is 19.4. The smallest absolute Gasteiger partial charge is 0.325 e. The number of alkyl halides is 3. The van der Waals surface area contributed by atoms with Gasteiger partial charge in [-0.25, -0.2) is 0 Å². The molecule has 0 aliphatic heterocycles. The van der Waals surface area contributed by atoms with Crippen molar-refractivity contribution in [1.29, 1.82) is 0 Å². The van der Waals surface area contributed by atoms with Gasteiger partial charge in [0.1, 0.15) is 10.8 Å². The largest absolute Gasteiger partial charge is 0.417 e. The van der Waals surface area contributed by atoms with E-state index in [0.717, 1.165) is 12.1 Å². The van der Waals surface area contributed by atoms with Crippen molar-refractivity contribution in [3.63, 3.8) is 0 Å². The number of benzene rings is 2. The van der Waals surface area contributed by atoms with Gasteiger partial charge >= 0.3 is 6.18 Å². The number of hydrogen-bond donors (Lipinski definition) is 1. The molecule has 3 aromatic rings. The summed E-state index contributed by atoms with van der Waals surface area (Å²) in [7, 11) is 0. The van der Waals surface area contributed by atoms with Gasteiger partial charge in [0.05, 0.1) is 10.6 Å². The second kappa shape index (κ2) is 8.28. The Labute approximate surface area is 165 Å². The van der Waals surface area contributed by atoms with Gasteiger partial charge in [0.25, 0.3) is 0 Å². The standard InChI is InChI=1S/C17H11ClF3N3OS2/c18-13-7-6-11(8-12(13)17(19,20)21)23-15(25)14(10-4-2-1-3-5-10)27-16-24-22-9-26-16/h1-9,14H,(H,23,25)/t14-/m0/s1. The molecule has 0 radical (unpaired) electrons. The molecule has 27 heavy (non-hydrogen) atoms. The molecule has 0 aliphatic rings. The molecule has 0 unspecified atom stereocenters. The molecule has 0 bridgehead atoms. The predicted octanol–water partition coefficient (Wildman–Crippen LogP) is 5.68. The van der Waals surface area contributed by atoms with Gasteiger partial charge in [-0.05, 0) is 23.8 Å². The first-order valence-electron chi connectivity index (χ1n) is 7.50. The first kappa shape index (κ1) is 19.7. The molecular formula is C17H11ClF3N3OS2. The van der Waals surface area contributed by atoms with Crippen LogP contribution in [0.25, 0.3) is 0 Å². The van der Waals surface area contributed by atoms with Gasteiger partial charge in [0, 0.05) is 5.69 Å². The average Bonchev–Trinajstić information content (AvgIpc) is 3.14. The Morgan fingerprint density at radius 3 is 2.56 bits per heavy atom. The molecule has 1 amide bonds. The van der Waals surface area contributed by atoms with Crippen LogP contribution in [0.15, 0.2) is 58.4 Å². The van der Waals surface area contributed by atoms with Crippen molar-refractivity contribution >= 4 is 46.3 Å². The van der Waals surface area contributed by atoms with E-state index in [1.807, 2.05) is 6.07 Å². The SMILES string of the molecule is O=C(Nc1ccc(Cl)c(C(F)(F)F)c1)[C@@H](Sc1nncs1)c1ccccc1. The Morgan fingerprint density at radius 2 is 1.93 bits per heavy atom. The lowest BCUT2D eigenvalue weighted by molar-refractivity contribution is -0.137. The van der Waals surface area contributed by atoms with Gasteiger partial charge in [0.2, 0.25) is 5.91 Å². The molecule has 2 aromatic carbocycles. The first-order chi connectivity index (χ1) is 12.8. The predicted molar refractivity (Wildman–Crippen MR) is 100 cm³/mol. The number of thioether (sulfide) groups is 1. The third-order valence-corrected chi connectivity index (χ3v) is 5.83. The monoisotopic (exact) mass is 429 g/mol. The topological polar surface area (TPSA) is 54.9 Å². The van der Waals surface area contributed by atoms with Gasteiger partial charge in [-0.2, -0.15) is 13.2 Å². The molecule has 0 fully saturated rings. The van der Waals surface area contributed by atoms with Gasteiger partial charge in [-0.15, -0.1) is 10.2 Å². The number of rotatable bonds is 5. The Balaban J connectivity index is 1.87. The fraction of sp³-hybridized carbons (Fsp3) is 0.118. The maximum Gasteiger partial charge on any atom is 0.417 e. The van der Waals surface area contributed by atoms with E-state index < -0.39 is 27.9 Å². The van der Waals surface area contributed by atoms with E-state index in [4.69, 9.17) is 11.6 Å². The second-order valence-corrected chi connectivity index (χ2v) is 7.89. The summed E-state index contributed by atoms with van der Waals surface area (Å²) < 4.78 is 39.7. The van der Waals surface area contributed by atoms with E-state index in [-0.39, 0.29) is 5.69 Å². The number of amides is 1. The molecule has 3 rings (SSSR count). The zero-order valence-electron chi connectivity index (χ0n) is 13.4. The van der Waals surface area contributed by atoms with E-state index in [9.17, 15) is 18.0 Å². The normalized spacial score (nSPS) is 12.6. The number of halogens is 4. The maximum absolute atomic E-state index is 13.0. The molecule has 4 nitrogen and oxygen atoms in total. The first-order valence-corrected chi connectivity index (χ1v) is 9.63. The van der Waals surface area contributed by atoms with Crippen molar-refractivity contribution in [3.05, 3.63) is 70.2 Å². The Morgan fingerprint density at radius 1 is 1.19 bits per heavy atom. The minimum atomic E-state index is -4.61. The number of aromatic nitrogens is 2. The number of nitrogens with zero attached hydrogens (tertiary/aromatic N) is 2. The van der Waals surface area contributed by atoms with Gasteiger partial charge in [-0.3, -0.25) is 4.79 Å². The Hall–Kier alpha value is -2.10. The molecule has 10 heteroatoms. The summed E-state index contributed by atoms with van der Waals surface area (Å²) >= 11 is 8.07. The molecule has 1 N–H and O–H groups in total. The highest BCUT2D eigenvalue weighted by Gasteiger charge is 2.33. The summed E-state index contributed by atoms with van der Waals surface area (Å²) in [5, 5.41) is 9.05. The number of hydrogen-bond acceptors (Lipinski definition) is 5. The van der Waals surface area contributed by atoms with Crippen molar-refractivity contribution in [2.45, 2.75) is 15.8 Å². The zero-order valence-corrected chi connectivity index (χ0v) is 15.8. The third kappa shape index (κ3) is 5.00. The highest BCUT2D eigenvalue weighted by atomic mass is 35.5. The van der Waals surface area contributed by atoms with Crippen LogP contribution in [0.5, 0.6) is 0 Å². The fourth-order valence-corrected chi connectivity index (χ4v) is 4.14. The van der Waals surface area contributed by atoms with Crippen LogP contribution in [0.3, 0.4) is 0 Å². The van der Waals surface area contributed by atoms with Gasteiger partial charge < -0.3 is 5.32 Å². The maximum atomic E-state index is 13.0.